The molecule has 4 nitrogen and oxygen atoms in total. The van der Waals surface area contributed by atoms with Crippen LogP contribution in [-0.2, 0) is 0 Å². The van der Waals surface area contributed by atoms with Gasteiger partial charge in [0.1, 0.15) is 11.5 Å². The smallest absolute Gasteiger partial charge is 0.165 e. The Morgan fingerprint density at radius 1 is 1.11 bits per heavy atom. The molecule has 1 saturated carbocycles. The van der Waals surface area contributed by atoms with Gasteiger partial charge in [-0.05, 0) is 60.4 Å². The summed E-state index contributed by atoms with van der Waals surface area (Å²) in [4.78, 5) is 2.54. The number of rotatable bonds is 6. The minimum Gasteiger partial charge on any atom is -0.508 e. The second-order valence-corrected chi connectivity index (χ2v) is 8.24. The van der Waals surface area contributed by atoms with Gasteiger partial charge in [0.2, 0.25) is 0 Å². The maximum atomic E-state index is 14.0. The van der Waals surface area contributed by atoms with E-state index in [0.29, 0.717) is 35.0 Å². The zero-order valence-electron chi connectivity index (χ0n) is 16.5. The first kappa shape index (κ1) is 19.1. The van der Waals surface area contributed by atoms with Gasteiger partial charge >= 0.3 is 0 Å². The van der Waals surface area contributed by atoms with Crippen molar-refractivity contribution < 1.29 is 19.0 Å². The topological polar surface area (TPSA) is 41.9 Å². The van der Waals surface area contributed by atoms with E-state index in [0.717, 1.165) is 32.5 Å². The zero-order chi connectivity index (χ0) is 19.7. The molecule has 1 N–H and O–H groups in total. The second kappa shape index (κ2) is 8.00. The lowest BCUT2D eigenvalue weighted by molar-refractivity contribution is 0.177. The van der Waals surface area contributed by atoms with Crippen LogP contribution in [0.3, 0.4) is 0 Å². The zero-order valence-corrected chi connectivity index (χ0v) is 16.5. The van der Waals surface area contributed by atoms with Gasteiger partial charge in [-0.1, -0.05) is 19.1 Å². The SMILES string of the molecule is COc1ccc(F)c(O[C@H]2C[C@@H]3CN(CC(C)c4ccc(O)cc4)C[C@@H]3C2)c1. The van der Waals surface area contributed by atoms with E-state index in [9.17, 15) is 9.50 Å². The molecule has 1 heterocycles. The Kier molecular flexibility index (Phi) is 5.44. The van der Waals surface area contributed by atoms with Gasteiger partial charge < -0.3 is 19.5 Å². The van der Waals surface area contributed by atoms with Gasteiger partial charge in [-0.3, -0.25) is 0 Å². The fourth-order valence-corrected chi connectivity index (χ4v) is 4.76. The summed E-state index contributed by atoms with van der Waals surface area (Å²) in [6.07, 6.45) is 2.03. The number of hydrogen-bond donors (Lipinski definition) is 1. The Morgan fingerprint density at radius 2 is 1.79 bits per heavy atom. The molecule has 5 heteroatoms. The summed E-state index contributed by atoms with van der Waals surface area (Å²) in [6, 6.07) is 12.2. The Labute approximate surface area is 165 Å². The lowest BCUT2D eigenvalue weighted by atomic mass is 10.0. The van der Waals surface area contributed by atoms with Crippen LogP contribution in [0.15, 0.2) is 42.5 Å². The monoisotopic (exact) mass is 385 g/mol. The number of methoxy groups -OCH3 is 1. The van der Waals surface area contributed by atoms with Crippen molar-refractivity contribution in [3.8, 4) is 17.2 Å². The van der Waals surface area contributed by atoms with Crippen molar-refractivity contribution in [2.75, 3.05) is 26.7 Å². The molecular formula is C23H28FNO3. The number of aromatic hydroxyl groups is 1. The van der Waals surface area contributed by atoms with Crippen molar-refractivity contribution in [2.45, 2.75) is 31.8 Å². The fraction of sp³-hybridized carbons (Fsp3) is 0.478. The van der Waals surface area contributed by atoms with Crippen LogP contribution < -0.4 is 9.47 Å². The van der Waals surface area contributed by atoms with Gasteiger partial charge in [-0.2, -0.15) is 0 Å². The van der Waals surface area contributed by atoms with Crippen LogP contribution in [0.2, 0.25) is 0 Å². The van der Waals surface area contributed by atoms with E-state index in [2.05, 4.69) is 11.8 Å². The quantitative estimate of drug-likeness (QED) is 0.799. The summed E-state index contributed by atoms with van der Waals surface area (Å²) < 4.78 is 25.2. The van der Waals surface area contributed by atoms with Crippen LogP contribution in [0.1, 0.15) is 31.2 Å². The highest BCUT2D eigenvalue weighted by molar-refractivity contribution is 5.34. The van der Waals surface area contributed by atoms with Gasteiger partial charge in [0, 0.05) is 25.7 Å². The molecule has 0 radical (unpaired) electrons. The molecule has 2 aromatic rings. The predicted octanol–water partition coefficient (Wildman–Crippen LogP) is 4.43. The van der Waals surface area contributed by atoms with Gasteiger partial charge in [0.05, 0.1) is 13.2 Å². The molecule has 28 heavy (non-hydrogen) atoms. The number of ether oxygens (including phenoxy) is 2. The molecule has 1 aliphatic carbocycles. The molecule has 150 valence electrons. The van der Waals surface area contributed by atoms with E-state index in [1.165, 1.54) is 11.6 Å². The Bertz CT molecular complexity index is 796. The Hall–Kier alpha value is -2.27. The number of likely N-dealkylation sites (tertiary alicyclic amines) is 1. The summed E-state index contributed by atoms with van der Waals surface area (Å²) in [5.41, 5.74) is 1.25. The Morgan fingerprint density at radius 3 is 2.43 bits per heavy atom. The van der Waals surface area contributed by atoms with Crippen LogP contribution in [0.25, 0.3) is 0 Å². The molecule has 2 aromatic carbocycles. The van der Waals surface area contributed by atoms with E-state index in [-0.39, 0.29) is 11.9 Å². The normalized spacial score (nSPS) is 25.5. The maximum Gasteiger partial charge on any atom is 0.165 e. The number of fused-ring (bicyclic) bond motifs is 1. The van der Waals surface area contributed by atoms with E-state index >= 15 is 0 Å². The van der Waals surface area contributed by atoms with Crippen molar-refractivity contribution in [3.05, 3.63) is 53.8 Å². The lowest BCUT2D eigenvalue weighted by Gasteiger charge is -2.23. The third-order valence-electron chi connectivity index (χ3n) is 6.21. The molecule has 1 unspecified atom stereocenters. The average molecular weight is 385 g/mol. The van der Waals surface area contributed by atoms with E-state index < -0.39 is 0 Å². The molecule has 2 fully saturated rings. The van der Waals surface area contributed by atoms with Crippen molar-refractivity contribution in [1.29, 1.82) is 0 Å². The Balaban J connectivity index is 1.30. The summed E-state index contributed by atoms with van der Waals surface area (Å²) in [7, 11) is 1.57. The van der Waals surface area contributed by atoms with E-state index in [4.69, 9.17) is 9.47 Å². The van der Waals surface area contributed by atoms with Crippen LogP contribution in [0, 0.1) is 17.7 Å². The van der Waals surface area contributed by atoms with E-state index in [1.54, 1.807) is 31.4 Å². The van der Waals surface area contributed by atoms with Crippen LogP contribution in [-0.4, -0.2) is 42.9 Å². The van der Waals surface area contributed by atoms with Gasteiger partial charge in [-0.25, -0.2) is 4.39 Å². The van der Waals surface area contributed by atoms with Crippen LogP contribution in [0.5, 0.6) is 17.2 Å². The summed E-state index contributed by atoms with van der Waals surface area (Å²) in [5, 5.41) is 9.46. The molecule has 2 aliphatic rings. The molecule has 4 atom stereocenters. The number of halogens is 1. The largest absolute Gasteiger partial charge is 0.508 e. The van der Waals surface area contributed by atoms with E-state index in [1.807, 2.05) is 12.1 Å². The van der Waals surface area contributed by atoms with Crippen molar-refractivity contribution in [2.24, 2.45) is 11.8 Å². The number of benzene rings is 2. The molecule has 1 aliphatic heterocycles. The number of nitrogens with zero attached hydrogens (tertiary/aromatic N) is 1. The standard InChI is InChI=1S/C23H28FNO3/c1-15(16-3-5-19(26)6-4-16)12-25-13-17-9-21(10-18(17)14-25)28-23-11-20(27-2)7-8-22(23)24/h3-8,11,15,17-18,21,26H,9-10,12-14H2,1-2H3/t15?,17-,18+,21+. The average Bonchev–Trinajstić information content (AvgIpc) is 3.21. The molecule has 0 spiro atoms. The maximum absolute atomic E-state index is 14.0. The van der Waals surface area contributed by atoms with Crippen molar-refractivity contribution >= 4 is 0 Å². The van der Waals surface area contributed by atoms with Crippen molar-refractivity contribution in [3.63, 3.8) is 0 Å². The minimum atomic E-state index is -0.331. The summed E-state index contributed by atoms with van der Waals surface area (Å²) in [6.45, 7) is 5.41. The lowest BCUT2D eigenvalue weighted by Crippen LogP contribution is -2.28. The minimum absolute atomic E-state index is 0.0771. The number of hydrogen-bond acceptors (Lipinski definition) is 4. The highest BCUT2D eigenvalue weighted by Crippen LogP contribution is 2.41. The predicted molar refractivity (Wildman–Crippen MR) is 107 cm³/mol. The van der Waals surface area contributed by atoms with Crippen LogP contribution >= 0.6 is 0 Å². The van der Waals surface area contributed by atoms with Gasteiger partial charge in [0.25, 0.3) is 0 Å². The number of phenols is 1. The van der Waals surface area contributed by atoms with Crippen LogP contribution in [0.4, 0.5) is 4.39 Å². The first-order chi connectivity index (χ1) is 13.5. The first-order valence-corrected chi connectivity index (χ1v) is 10.0. The second-order valence-electron chi connectivity index (χ2n) is 8.24. The summed E-state index contributed by atoms with van der Waals surface area (Å²) >= 11 is 0. The molecule has 0 amide bonds. The number of phenolic OH excluding ortho intramolecular Hbond substituents is 1. The third-order valence-corrected chi connectivity index (χ3v) is 6.21. The molecule has 0 aromatic heterocycles. The highest BCUT2D eigenvalue weighted by atomic mass is 19.1. The molecule has 1 saturated heterocycles. The molecule has 4 rings (SSSR count). The fourth-order valence-electron chi connectivity index (χ4n) is 4.76. The molecular weight excluding hydrogens is 357 g/mol. The van der Waals surface area contributed by atoms with Gasteiger partial charge in [-0.15, -0.1) is 0 Å². The summed E-state index contributed by atoms with van der Waals surface area (Å²) in [5.74, 6) is 2.55. The van der Waals surface area contributed by atoms with Crippen molar-refractivity contribution in [1.82, 2.24) is 4.90 Å². The van der Waals surface area contributed by atoms with Gasteiger partial charge in [0.15, 0.2) is 11.6 Å². The first-order valence-electron chi connectivity index (χ1n) is 10.0. The highest BCUT2D eigenvalue weighted by Gasteiger charge is 2.42. The molecule has 0 bridgehead atoms. The third kappa shape index (κ3) is 4.09.